The Morgan fingerprint density at radius 2 is 1.88 bits per heavy atom. The fourth-order valence-electron chi connectivity index (χ4n) is 4.34. The first kappa shape index (κ1) is 16.6. The van der Waals surface area contributed by atoms with Gasteiger partial charge in [-0.3, -0.25) is 9.69 Å². The molecule has 0 bridgehead atoms. The highest BCUT2D eigenvalue weighted by Gasteiger charge is 2.30. The van der Waals surface area contributed by atoms with E-state index in [0.29, 0.717) is 11.8 Å². The summed E-state index contributed by atoms with van der Waals surface area (Å²) >= 11 is 1.85. The van der Waals surface area contributed by atoms with Gasteiger partial charge in [-0.05, 0) is 31.7 Å². The van der Waals surface area contributed by atoms with Gasteiger partial charge in [-0.15, -0.1) is 11.3 Å². The lowest BCUT2D eigenvalue weighted by atomic mass is 10.00. The third-order valence-electron chi connectivity index (χ3n) is 6.01. The van der Waals surface area contributed by atoms with Gasteiger partial charge in [0.1, 0.15) is 0 Å². The van der Waals surface area contributed by atoms with Crippen molar-refractivity contribution in [1.82, 2.24) is 19.7 Å². The molecule has 2 aromatic heterocycles. The Morgan fingerprint density at radius 1 is 1.08 bits per heavy atom. The lowest BCUT2D eigenvalue weighted by Crippen LogP contribution is -2.49. The van der Waals surface area contributed by atoms with Gasteiger partial charge in [0.25, 0.3) is 5.56 Å². The average molecular weight is 371 g/mol. The van der Waals surface area contributed by atoms with Crippen LogP contribution in [0.25, 0.3) is 0 Å². The first-order valence-electron chi connectivity index (χ1n) is 9.99. The van der Waals surface area contributed by atoms with Crippen LogP contribution in [0.3, 0.4) is 0 Å². The molecule has 0 spiro atoms. The van der Waals surface area contributed by atoms with E-state index in [2.05, 4.69) is 15.4 Å². The minimum Gasteiger partial charge on any atom is -0.297 e. The molecule has 0 amide bonds. The van der Waals surface area contributed by atoms with E-state index in [1.165, 1.54) is 49.2 Å². The Kier molecular flexibility index (Phi) is 4.41. The molecule has 5 rings (SSSR count). The van der Waals surface area contributed by atoms with E-state index in [0.717, 1.165) is 37.8 Å². The quantitative estimate of drug-likeness (QED) is 0.782. The van der Waals surface area contributed by atoms with Crippen LogP contribution in [0.5, 0.6) is 0 Å². The molecule has 1 saturated heterocycles. The van der Waals surface area contributed by atoms with E-state index in [1.54, 1.807) is 10.7 Å². The Hall–Kier alpha value is -1.53. The highest BCUT2D eigenvalue weighted by atomic mass is 32.1. The van der Waals surface area contributed by atoms with Crippen molar-refractivity contribution in [2.45, 2.75) is 63.5 Å². The zero-order valence-corrected chi connectivity index (χ0v) is 16.0. The molecular weight excluding hydrogens is 344 g/mol. The van der Waals surface area contributed by atoms with Crippen LogP contribution in [0.15, 0.2) is 22.3 Å². The molecule has 1 aliphatic heterocycles. The van der Waals surface area contributed by atoms with Crippen LogP contribution in [0, 0.1) is 5.92 Å². The third kappa shape index (κ3) is 3.49. The zero-order chi connectivity index (χ0) is 17.5. The molecule has 3 heterocycles. The first-order valence-corrected chi connectivity index (χ1v) is 10.9. The second-order valence-electron chi connectivity index (χ2n) is 8.27. The van der Waals surface area contributed by atoms with Gasteiger partial charge in [0.15, 0.2) is 0 Å². The number of likely N-dealkylation sites (tertiary alicyclic amines) is 1. The molecule has 0 radical (unpaired) electrons. The van der Waals surface area contributed by atoms with Gasteiger partial charge in [-0.25, -0.2) is 9.67 Å². The maximum absolute atomic E-state index is 12.1. The summed E-state index contributed by atoms with van der Waals surface area (Å²) in [6.45, 7) is 3.78. The van der Waals surface area contributed by atoms with E-state index >= 15 is 0 Å². The van der Waals surface area contributed by atoms with Crippen LogP contribution < -0.4 is 5.56 Å². The molecule has 0 unspecified atom stereocenters. The van der Waals surface area contributed by atoms with Gasteiger partial charge in [-0.1, -0.05) is 12.8 Å². The fourth-order valence-corrected chi connectivity index (χ4v) is 5.33. The predicted molar refractivity (Wildman–Crippen MR) is 103 cm³/mol. The third-order valence-corrected chi connectivity index (χ3v) is 7.06. The maximum atomic E-state index is 12.1. The Labute approximate surface area is 158 Å². The standard InChI is InChI=1S/C20H26N4OS/c25-19-8-7-18(15-5-6-15)22-24(19)11-14-9-23(10-14)12-17-13-26-20(21-17)16-3-1-2-4-16/h7-8,13-16H,1-6,9-12H2. The van der Waals surface area contributed by atoms with E-state index in [-0.39, 0.29) is 5.56 Å². The molecule has 3 fully saturated rings. The summed E-state index contributed by atoms with van der Waals surface area (Å²) in [5, 5.41) is 8.18. The molecule has 0 N–H and O–H groups in total. The minimum atomic E-state index is 0.0357. The number of thiazole rings is 1. The monoisotopic (exact) mass is 370 g/mol. The minimum absolute atomic E-state index is 0.0357. The van der Waals surface area contributed by atoms with Crippen molar-refractivity contribution in [1.29, 1.82) is 0 Å². The summed E-state index contributed by atoms with van der Waals surface area (Å²) in [5.74, 6) is 1.84. The van der Waals surface area contributed by atoms with Crippen LogP contribution in [-0.2, 0) is 13.1 Å². The van der Waals surface area contributed by atoms with Crippen molar-refractivity contribution in [2.24, 2.45) is 5.92 Å². The highest BCUT2D eigenvalue weighted by Crippen LogP contribution is 2.38. The normalized spacial score (nSPS) is 22.0. The van der Waals surface area contributed by atoms with Crippen molar-refractivity contribution in [3.05, 3.63) is 44.3 Å². The Morgan fingerprint density at radius 3 is 2.65 bits per heavy atom. The molecule has 5 nitrogen and oxygen atoms in total. The van der Waals surface area contributed by atoms with E-state index in [4.69, 9.17) is 4.98 Å². The second-order valence-corrected chi connectivity index (χ2v) is 9.16. The lowest BCUT2D eigenvalue weighted by molar-refractivity contribution is 0.0754. The van der Waals surface area contributed by atoms with Crippen molar-refractivity contribution in [2.75, 3.05) is 13.1 Å². The molecule has 0 atom stereocenters. The van der Waals surface area contributed by atoms with Crippen molar-refractivity contribution >= 4 is 11.3 Å². The zero-order valence-electron chi connectivity index (χ0n) is 15.1. The average Bonchev–Trinajstić information content (AvgIpc) is 3.12. The topological polar surface area (TPSA) is 51.0 Å². The van der Waals surface area contributed by atoms with Gasteiger partial charge in [0.2, 0.25) is 0 Å². The maximum Gasteiger partial charge on any atom is 0.266 e. The summed E-state index contributed by atoms with van der Waals surface area (Å²) in [7, 11) is 0. The number of rotatable bonds is 6. The fraction of sp³-hybridized carbons (Fsp3) is 0.650. The molecular formula is C20H26N4OS. The number of aromatic nitrogens is 3. The molecule has 2 saturated carbocycles. The summed E-state index contributed by atoms with van der Waals surface area (Å²) in [4.78, 5) is 19.4. The molecule has 2 aromatic rings. The second kappa shape index (κ2) is 6.89. The summed E-state index contributed by atoms with van der Waals surface area (Å²) in [5.41, 5.74) is 2.36. The van der Waals surface area contributed by atoms with Gasteiger partial charge in [-0.2, -0.15) is 5.10 Å². The van der Waals surface area contributed by atoms with Crippen LogP contribution >= 0.6 is 11.3 Å². The summed E-state index contributed by atoms with van der Waals surface area (Å²) < 4.78 is 1.69. The summed E-state index contributed by atoms with van der Waals surface area (Å²) in [6.07, 6.45) is 7.81. The molecule has 6 heteroatoms. The van der Waals surface area contributed by atoms with Gasteiger partial charge < -0.3 is 0 Å². The van der Waals surface area contributed by atoms with E-state index in [9.17, 15) is 4.79 Å². The SMILES string of the molecule is O=c1ccc(C2CC2)nn1CC1CN(Cc2csc(C3CCCC3)n2)C1. The van der Waals surface area contributed by atoms with Crippen LogP contribution in [-0.4, -0.2) is 32.8 Å². The smallest absolute Gasteiger partial charge is 0.266 e. The largest absolute Gasteiger partial charge is 0.297 e. The number of hydrogen-bond acceptors (Lipinski definition) is 5. The van der Waals surface area contributed by atoms with Crippen LogP contribution in [0.4, 0.5) is 0 Å². The Bertz CT molecular complexity index is 828. The molecule has 26 heavy (non-hydrogen) atoms. The number of hydrogen-bond donors (Lipinski definition) is 0. The van der Waals surface area contributed by atoms with E-state index < -0.39 is 0 Å². The Balaban J connectivity index is 1.14. The van der Waals surface area contributed by atoms with Crippen molar-refractivity contribution in [3.8, 4) is 0 Å². The number of nitrogens with zero attached hydrogens (tertiary/aromatic N) is 4. The molecule has 138 valence electrons. The van der Waals surface area contributed by atoms with Crippen LogP contribution in [0.2, 0.25) is 0 Å². The first-order chi connectivity index (χ1) is 12.7. The lowest BCUT2D eigenvalue weighted by Gasteiger charge is -2.38. The molecule has 2 aliphatic carbocycles. The highest BCUT2D eigenvalue weighted by molar-refractivity contribution is 7.09. The summed E-state index contributed by atoms with van der Waals surface area (Å²) in [6, 6.07) is 3.60. The van der Waals surface area contributed by atoms with Crippen molar-refractivity contribution < 1.29 is 0 Å². The van der Waals surface area contributed by atoms with Crippen molar-refractivity contribution in [3.63, 3.8) is 0 Å². The van der Waals surface area contributed by atoms with Gasteiger partial charge in [0.05, 0.1) is 22.9 Å². The molecule has 0 aromatic carbocycles. The predicted octanol–water partition coefficient (Wildman–Crippen LogP) is 3.37. The molecule has 3 aliphatic rings. The van der Waals surface area contributed by atoms with Crippen LogP contribution in [0.1, 0.15) is 66.8 Å². The van der Waals surface area contributed by atoms with Gasteiger partial charge in [0, 0.05) is 48.8 Å². The van der Waals surface area contributed by atoms with Gasteiger partial charge >= 0.3 is 0 Å². The van der Waals surface area contributed by atoms with E-state index in [1.807, 2.05) is 17.4 Å².